The summed E-state index contributed by atoms with van der Waals surface area (Å²) >= 11 is 1.73. The summed E-state index contributed by atoms with van der Waals surface area (Å²) in [6.45, 7) is 11.1. The normalized spacial score (nSPS) is 20.6. The van der Waals surface area contributed by atoms with Crippen LogP contribution < -0.4 is 4.90 Å². The molecule has 0 radical (unpaired) electrons. The number of hydrogen-bond donors (Lipinski definition) is 0. The summed E-state index contributed by atoms with van der Waals surface area (Å²) in [4.78, 5) is 8.25. The van der Waals surface area contributed by atoms with Crippen LogP contribution in [0.2, 0.25) is 0 Å². The smallest absolute Gasteiger partial charge is 0.186 e. The summed E-state index contributed by atoms with van der Waals surface area (Å²) in [6, 6.07) is 0. The van der Waals surface area contributed by atoms with Crippen LogP contribution in [0.25, 0.3) is 10.7 Å². The molecule has 124 valence electrons. The van der Waals surface area contributed by atoms with Gasteiger partial charge in [-0.15, -0.1) is 10.2 Å². The van der Waals surface area contributed by atoms with Crippen LogP contribution in [0.4, 0.5) is 5.13 Å². The summed E-state index contributed by atoms with van der Waals surface area (Å²) in [6.07, 6.45) is 2.18. The number of thiazole rings is 1. The van der Waals surface area contributed by atoms with Gasteiger partial charge in [0.2, 0.25) is 0 Å². The molecule has 0 amide bonds. The van der Waals surface area contributed by atoms with Crippen LogP contribution >= 0.6 is 11.3 Å². The van der Waals surface area contributed by atoms with Crippen LogP contribution in [0, 0.1) is 12.3 Å². The molecule has 1 saturated heterocycles. The first-order valence-corrected chi connectivity index (χ1v) is 9.08. The second kappa shape index (κ2) is 5.56. The second-order valence-corrected chi connectivity index (χ2v) is 8.18. The van der Waals surface area contributed by atoms with Gasteiger partial charge in [-0.3, -0.25) is 0 Å². The number of fused-ring (bicyclic) bond motifs is 1. The molecule has 4 rings (SSSR count). The standard InChI is InChI=1S/C16H23N5OS/c1-11-13(23-15(17-11)20-6-8-22-9-7-20)14-19-18-12-4-5-16(2,3)10-21(12)14/h4-10H2,1-3H3. The van der Waals surface area contributed by atoms with E-state index >= 15 is 0 Å². The largest absolute Gasteiger partial charge is 0.378 e. The number of anilines is 1. The minimum Gasteiger partial charge on any atom is -0.378 e. The number of ether oxygens (including phenoxy) is 1. The first-order chi connectivity index (χ1) is 11.0. The van der Waals surface area contributed by atoms with Crippen molar-refractivity contribution in [2.75, 3.05) is 31.2 Å². The predicted molar refractivity (Wildman–Crippen MR) is 91.0 cm³/mol. The first kappa shape index (κ1) is 15.1. The van der Waals surface area contributed by atoms with Gasteiger partial charge in [-0.25, -0.2) is 4.98 Å². The number of aryl methyl sites for hydroxylation is 2. The minimum atomic E-state index is 0.301. The summed E-state index contributed by atoms with van der Waals surface area (Å²) in [7, 11) is 0. The molecule has 2 aliphatic rings. The monoisotopic (exact) mass is 333 g/mol. The van der Waals surface area contributed by atoms with Gasteiger partial charge in [-0.05, 0) is 18.8 Å². The highest BCUT2D eigenvalue weighted by molar-refractivity contribution is 7.19. The van der Waals surface area contributed by atoms with E-state index in [1.54, 1.807) is 11.3 Å². The quantitative estimate of drug-likeness (QED) is 0.845. The van der Waals surface area contributed by atoms with Crippen molar-refractivity contribution in [3.05, 3.63) is 11.5 Å². The van der Waals surface area contributed by atoms with E-state index in [0.29, 0.717) is 5.41 Å². The molecule has 2 aromatic heterocycles. The van der Waals surface area contributed by atoms with Crippen molar-refractivity contribution in [2.45, 2.75) is 40.2 Å². The minimum absolute atomic E-state index is 0.301. The fourth-order valence-electron chi connectivity index (χ4n) is 3.29. The zero-order chi connectivity index (χ0) is 16.0. The maximum absolute atomic E-state index is 5.44. The molecule has 4 heterocycles. The van der Waals surface area contributed by atoms with Gasteiger partial charge in [0.05, 0.1) is 23.8 Å². The maximum Gasteiger partial charge on any atom is 0.186 e. The predicted octanol–water partition coefficient (Wildman–Crippen LogP) is 2.52. The highest BCUT2D eigenvalue weighted by Gasteiger charge is 2.30. The summed E-state index contributed by atoms with van der Waals surface area (Å²) in [5.41, 5.74) is 1.35. The molecule has 0 bridgehead atoms. The van der Waals surface area contributed by atoms with Gasteiger partial charge in [0.1, 0.15) is 5.82 Å². The zero-order valence-corrected chi connectivity index (χ0v) is 14.8. The highest BCUT2D eigenvalue weighted by atomic mass is 32.1. The lowest BCUT2D eigenvalue weighted by Crippen LogP contribution is -2.36. The summed E-state index contributed by atoms with van der Waals surface area (Å²) in [5, 5.41) is 9.99. The van der Waals surface area contributed by atoms with Gasteiger partial charge in [-0.1, -0.05) is 25.2 Å². The Morgan fingerprint density at radius 2 is 1.96 bits per heavy atom. The van der Waals surface area contributed by atoms with Crippen molar-refractivity contribution < 1.29 is 4.74 Å². The van der Waals surface area contributed by atoms with Crippen LogP contribution in [0.15, 0.2) is 0 Å². The molecule has 2 aliphatic heterocycles. The van der Waals surface area contributed by atoms with E-state index in [1.165, 1.54) is 6.42 Å². The Morgan fingerprint density at radius 3 is 2.74 bits per heavy atom. The molecular formula is C16H23N5OS. The van der Waals surface area contributed by atoms with E-state index in [2.05, 4.69) is 40.4 Å². The van der Waals surface area contributed by atoms with E-state index in [9.17, 15) is 0 Å². The topological polar surface area (TPSA) is 56.1 Å². The SMILES string of the molecule is Cc1nc(N2CCOCC2)sc1-c1nnc2n1CC(C)(C)CC2. The number of nitrogens with zero attached hydrogens (tertiary/aromatic N) is 5. The molecule has 0 unspecified atom stereocenters. The highest BCUT2D eigenvalue weighted by Crippen LogP contribution is 2.38. The molecule has 0 saturated carbocycles. The molecule has 0 aliphatic carbocycles. The first-order valence-electron chi connectivity index (χ1n) is 8.26. The molecule has 0 atom stereocenters. The average Bonchev–Trinajstić information content (AvgIpc) is 3.10. The van der Waals surface area contributed by atoms with Gasteiger partial charge < -0.3 is 14.2 Å². The van der Waals surface area contributed by atoms with Crippen molar-refractivity contribution in [1.29, 1.82) is 0 Å². The maximum atomic E-state index is 5.44. The van der Waals surface area contributed by atoms with Gasteiger partial charge in [0, 0.05) is 26.1 Å². The van der Waals surface area contributed by atoms with E-state index in [1.807, 2.05) is 0 Å². The Labute approximate surface area is 140 Å². The Bertz CT molecular complexity index is 714. The number of aromatic nitrogens is 4. The second-order valence-electron chi connectivity index (χ2n) is 7.20. The Hall–Kier alpha value is -1.47. The Morgan fingerprint density at radius 1 is 1.17 bits per heavy atom. The van der Waals surface area contributed by atoms with Crippen LogP contribution in [0.5, 0.6) is 0 Å². The number of hydrogen-bond acceptors (Lipinski definition) is 6. The third-order valence-corrected chi connectivity index (χ3v) is 5.92. The van der Waals surface area contributed by atoms with E-state index < -0.39 is 0 Å². The number of rotatable bonds is 2. The zero-order valence-electron chi connectivity index (χ0n) is 14.0. The Balaban J connectivity index is 1.69. The molecule has 0 spiro atoms. The lowest BCUT2D eigenvalue weighted by atomic mass is 9.85. The van der Waals surface area contributed by atoms with E-state index in [0.717, 1.165) is 66.6 Å². The van der Waals surface area contributed by atoms with Crippen molar-refractivity contribution in [3.8, 4) is 10.7 Å². The Kier molecular flexibility index (Phi) is 3.65. The third kappa shape index (κ3) is 2.76. The molecular weight excluding hydrogens is 310 g/mol. The molecule has 2 aromatic rings. The van der Waals surface area contributed by atoms with Gasteiger partial charge in [0.15, 0.2) is 11.0 Å². The van der Waals surface area contributed by atoms with Gasteiger partial charge in [-0.2, -0.15) is 0 Å². The fraction of sp³-hybridized carbons (Fsp3) is 0.688. The molecule has 0 N–H and O–H groups in total. The molecule has 6 nitrogen and oxygen atoms in total. The van der Waals surface area contributed by atoms with Crippen molar-refractivity contribution >= 4 is 16.5 Å². The van der Waals surface area contributed by atoms with Crippen molar-refractivity contribution in [3.63, 3.8) is 0 Å². The van der Waals surface area contributed by atoms with Crippen LogP contribution in [-0.2, 0) is 17.7 Å². The average molecular weight is 333 g/mol. The van der Waals surface area contributed by atoms with E-state index in [-0.39, 0.29) is 0 Å². The van der Waals surface area contributed by atoms with Crippen LogP contribution in [0.1, 0.15) is 31.8 Å². The van der Waals surface area contributed by atoms with E-state index in [4.69, 9.17) is 9.72 Å². The van der Waals surface area contributed by atoms with Gasteiger partial charge >= 0.3 is 0 Å². The lowest BCUT2D eigenvalue weighted by Gasteiger charge is -2.30. The lowest BCUT2D eigenvalue weighted by molar-refractivity contribution is 0.122. The van der Waals surface area contributed by atoms with Crippen molar-refractivity contribution in [1.82, 2.24) is 19.7 Å². The number of morpholine rings is 1. The molecule has 23 heavy (non-hydrogen) atoms. The molecule has 0 aromatic carbocycles. The summed E-state index contributed by atoms with van der Waals surface area (Å²) in [5.74, 6) is 2.10. The molecule has 7 heteroatoms. The van der Waals surface area contributed by atoms with Gasteiger partial charge in [0.25, 0.3) is 0 Å². The molecule has 1 fully saturated rings. The third-order valence-electron chi connectivity index (χ3n) is 4.71. The van der Waals surface area contributed by atoms with Crippen LogP contribution in [0.3, 0.4) is 0 Å². The van der Waals surface area contributed by atoms with Crippen LogP contribution in [-0.4, -0.2) is 46.1 Å². The van der Waals surface area contributed by atoms with Crippen molar-refractivity contribution in [2.24, 2.45) is 5.41 Å². The fourth-order valence-corrected chi connectivity index (χ4v) is 4.40. The summed E-state index contributed by atoms with van der Waals surface area (Å²) < 4.78 is 7.74.